The summed E-state index contributed by atoms with van der Waals surface area (Å²) in [7, 11) is 0. The van der Waals surface area contributed by atoms with Crippen LogP contribution >= 0.6 is 0 Å². The smallest absolute Gasteiger partial charge is 0.223 e. The fraction of sp³-hybridized carbons (Fsp3) is 0.533. The lowest BCUT2D eigenvalue weighted by atomic mass is 10.1. The zero-order chi connectivity index (χ0) is 13.8. The number of aliphatic hydroxyl groups excluding tert-OH is 1. The highest BCUT2D eigenvalue weighted by Crippen LogP contribution is 2.23. The van der Waals surface area contributed by atoms with Gasteiger partial charge in [-0.3, -0.25) is 4.79 Å². The highest BCUT2D eigenvalue weighted by atomic mass is 16.5. The van der Waals surface area contributed by atoms with E-state index < -0.39 is 6.10 Å². The molecule has 104 valence electrons. The van der Waals surface area contributed by atoms with Crippen LogP contribution in [0.2, 0.25) is 0 Å². The van der Waals surface area contributed by atoms with Gasteiger partial charge in [0.15, 0.2) is 0 Å². The average Bonchev–Trinajstić information content (AvgIpc) is 3.14. The van der Waals surface area contributed by atoms with Gasteiger partial charge in [0.1, 0.15) is 5.75 Å². The third-order valence-corrected chi connectivity index (χ3v) is 3.21. The van der Waals surface area contributed by atoms with Crippen molar-refractivity contribution in [3.05, 3.63) is 29.3 Å². The Morgan fingerprint density at radius 2 is 2.26 bits per heavy atom. The number of aryl methyl sites for hydroxylation is 1. The van der Waals surface area contributed by atoms with Crippen molar-refractivity contribution < 1.29 is 14.6 Å². The Kier molecular flexibility index (Phi) is 4.43. The number of aliphatic hydroxyl groups is 1. The molecule has 1 aliphatic carbocycles. The summed E-state index contributed by atoms with van der Waals surface area (Å²) in [5.74, 6) is 0.823. The highest BCUT2D eigenvalue weighted by molar-refractivity contribution is 5.76. The molecule has 1 atom stereocenters. The van der Waals surface area contributed by atoms with Crippen LogP contribution in [0.3, 0.4) is 0 Å². The second-order valence-corrected chi connectivity index (χ2v) is 5.14. The van der Waals surface area contributed by atoms with Crippen LogP contribution in [0.4, 0.5) is 0 Å². The number of hydrogen-bond acceptors (Lipinski definition) is 3. The van der Waals surface area contributed by atoms with E-state index in [2.05, 4.69) is 5.32 Å². The molecule has 0 unspecified atom stereocenters. The van der Waals surface area contributed by atoms with Crippen molar-refractivity contribution in [3.63, 3.8) is 0 Å². The number of hydrogen-bond donors (Lipinski definition) is 2. The normalized spacial score (nSPS) is 15.9. The van der Waals surface area contributed by atoms with Crippen molar-refractivity contribution in [2.45, 2.75) is 45.3 Å². The van der Waals surface area contributed by atoms with E-state index in [4.69, 9.17) is 4.74 Å². The molecule has 0 heterocycles. The largest absolute Gasteiger partial charge is 0.493 e. The first-order valence-electron chi connectivity index (χ1n) is 6.77. The second kappa shape index (κ2) is 6.06. The minimum absolute atomic E-state index is 0.0563. The van der Waals surface area contributed by atoms with E-state index in [1.807, 2.05) is 25.1 Å². The molecular weight excluding hydrogens is 242 g/mol. The van der Waals surface area contributed by atoms with Gasteiger partial charge in [-0.15, -0.1) is 0 Å². The number of rotatable bonds is 6. The molecule has 2 rings (SSSR count). The SMILES string of the molecule is Cc1cc([C@H](C)O)ccc1OCCC(=O)NC1CC1. The monoisotopic (exact) mass is 263 g/mol. The molecule has 0 radical (unpaired) electrons. The van der Waals surface area contributed by atoms with Gasteiger partial charge in [-0.25, -0.2) is 0 Å². The Labute approximate surface area is 113 Å². The molecule has 19 heavy (non-hydrogen) atoms. The van der Waals surface area contributed by atoms with Crippen molar-refractivity contribution >= 4 is 5.91 Å². The van der Waals surface area contributed by atoms with Crippen molar-refractivity contribution in [2.24, 2.45) is 0 Å². The van der Waals surface area contributed by atoms with Crippen LogP contribution in [0, 0.1) is 6.92 Å². The second-order valence-electron chi connectivity index (χ2n) is 5.14. The Hall–Kier alpha value is -1.55. The van der Waals surface area contributed by atoms with E-state index in [9.17, 15) is 9.90 Å². The lowest BCUT2D eigenvalue weighted by molar-refractivity contribution is -0.121. The van der Waals surface area contributed by atoms with E-state index in [1.165, 1.54) is 0 Å². The van der Waals surface area contributed by atoms with E-state index in [0.29, 0.717) is 19.1 Å². The Bertz CT molecular complexity index is 453. The van der Waals surface area contributed by atoms with E-state index in [-0.39, 0.29) is 5.91 Å². The lowest BCUT2D eigenvalue weighted by Gasteiger charge is -2.12. The first-order chi connectivity index (χ1) is 9.06. The van der Waals surface area contributed by atoms with Crippen molar-refractivity contribution in [3.8, 4) is 5.75 Å². The Morgan fingerprint density at radius 3 is 2.84 bits per heavy atom. The van der Waals surface area contributed by atoms with Crippen LogP contribution in [0.25, 0.3) is 0 Å². The third-order valence-electron chi connectivity index (χ3n) is 3.21. The molecule has 0 spiro atoms. The van der Waals surface area contributed by atoms with E-state index in [0.717, 1.165) is 29.7 Å². The van der Waals surface area contributed by atoms with Gasteiger partial charge < -0.3 is 15.2 Å². The van der Waals surface area contributed by atoms with Crippen LogP contribution in [0.15, 0.2) is 18.2 Å². The Balaban J connectivity index is 1.80. The Morgan fingerprint density at radius 1 is 1.53 bits per heavy atom. The molecule has 1 amide bonds. The van der Waals surface area contributed by atoms with Crippen molar-refractivity contribution in [1.82, 2.24) is 5.32 Å². The molecule has 4 nitrogen and oxygen atoms in total. The lowest BCUT2D eigenvalue weighted by Crippen LogP contribution is -2.26. The average molecular weight is 263 g/mol. The quantitative estimate of drug-likeness (QED) is 0.826. The molecule has 1 aliphatic rings. The van der Waals surface area contributed by atoms with Crippen LogP contribution in [0.5, 0.6) is 5.75 Å². The van der Waals surface area contributed by atoms with Gasteiger partial charge in [0.2, 0.25) is 5.91 Å². The van der Waals surface area contributed by atoms with Crippen molar-refractivity contribution in [1.29, 1.82) is 0 Å². The topological polar surface area (TPSA) is 58.6 Å². The van der Waals surface area contributed by atoms with Gasteiger partial charge in [0.05, 0.1) is 19.1 Å². The van der Waals surface area contributed by atoms with E-state index in [1.54, 1.807) is 6.92 Å². The summed E-state index contributed by atoms with van der Waals surface area (Å²) in [5, 5.41) is 12.4. The fourth-order valence-corrected chi connectivity index (χ4v) is 1.88. The molecule has 0 aromatic heterocycles. The number of amides is 1. The summed E-state index contributed by atoms with van der Waals surface area (Å²) in [6.07, 6.45) is 2.12. The zero-order valence-corrected chi connectivity index (χ0v) is 11.5. The van der Waals surface area contributed by atoms with Gasteiger partial charge in [0.25, 0.3) is 0 Å². The minimum atomic E-state index is -0.475. The third kappa shape index (κ3) is 4.24. The number of ether oxygens (including phenoxy) is 1. The standard InChI is InChI=1S/C15H21NO3/c1-10-9-12(11(2)17)3-6-14(10)19-8-7-15(18)16-13-4-5-13/h3,6,9,11,13,17H,4-5,7-8H2,1-2H3,(H,16,18)/t11-/m0/s1. The number of benzene rings is 1. The number of nitrogens with one attached hydrogen (secondary N) is 1. The predicted octanol–water partition coefficient (Wildman–Crippen LogP) is 2.10. The highest BCUT2D eigenvalue weighted by Gasteiger charge is 2.22. The summed E-state index contributed by atoms with van der Waals surface area (Å²) >= 11 is 0. The molecule has 1 aromatic rings. The first-order valence-corrected chi connectivity index (χ1v) is 6.77. The summed E-state index contributed by atoms with van der Waals surface area (Å²) in [6.45, 7) is 4.05. The maximum atomic E-state index is 11.5. The molecule has 4 heteroatoms. The fourth-order valence-electron chi connectivity index (χ4n) is 1.88. The number of carbonyl (C=O) groups is 1. The van der Waals surface area contributed by atoms with Crippen LogP contribution in [-0.2, 0) is 4.79 Å². The molecule has 1 aromatic carbocycles. The van der Waals surface area contributed by atoms with Gasteiger partial charge in [0, 0.05) is 6.04 Å². The molecule has 0 saturated heterocycles. The molecule has 1 fully saturated rings. The van der Waals surface area contributed by atoms with Crippen molar-refractivity contribution in [2.75, 3.05) is 6.61 Å². The summed E-state index contributed by atoms with van der Waals surface area (Å²) in [4.78, 5) is 11.5. The maximum absolute atomic E-state index is 11.5. The van der Waals surface area contributed by atoms with E-state index >= 15 is 0 Å². The predicted molar refractivity (Wildman–Crippen MR) is 73.1 cm³/mol. The minimum Gasteiger partial charge on any atom is -0.493 e. The van der Waals surface area contributed by atoms with Gasteiger partial charge >= 0.3 is 0 Å². The summed E-state index contributed by atoms with van der Waals surface area (Å²) in [5.41, 5.74) is 1.84. The van der Waals surface area contributed by atoms with Crippen LogP contribution < -0.4 is 10.1 Å². The van der Waals surface area contributed by atoms with Crippen LogP contribution in [0.1, 0.15) is 43.4 Å². The molecule has 0 aliphatic heterocycles. The molecule has 0 bridgehead atoms. The van der Waals surface area contributed by atoms with Gasteiger partial charge in [-0.2, -0.15) is 0 Å². The molecule has 2 N–H and O–H groups in total. The first kappa shape index (κ1) is 13.9. The molecular formula is C15H21NO3. The summed E-state index contributed by atoms with van der Waals surface area (Å²) in [6, 6.07) is 6.00. The zero-order valence-electron chi connectivity index (χ0n) is 11.5. The summed E-state index contributed by atoms with van der Waals surface area (Å²) < 4.78 is 5.60. The van der Waals surface area contributed by atoms with Gasteiger partial charge in [-0.1, -0.05) is 6.07 Å². The number of carbonyl (C=O) groups excluding carboxylic acids is 1. The van der Waals surface area contributed by atoms with Crippen LogP contribution in [-0.4, -0.2) is 23.7 Å². The molecule has 1 saturated carbocycles. The van der Waals surface area contributed by atoms with Gasteiger partial charge in [-0.05, 0) is 49.9 Å². The maximum Gasteiger partial charge on any atom is 0.223 e.